The fourth-order valence-corrected chi connectivity index (χ4v) is 3.32. The number of nitriles is 1. The average Bonchev–Trinajstić information content (AvgIpc) is 2.73. The number of ether oxygens (including phenoxy) is 1. The highest BCUT2D eigenvalue weighted by Gasteiger charge is 2.28. The number of carbonyl (C=O) groups is 1. The molecule has 148 valence electrons. The Balaban J connectivity index is 1.97. The quantitative estimate of drug-likeness (QED) is 0.649. The average molecular weight is 389 g/mol. The standard InChI is InChI=1S/C23H23N3O3/c1-4-15-11-16-9-10-17(12-20(16)26-21(15)27)23(3,14-24)13-18-7-6-8-19(25-18)22(28)29-5-2/h6-12H,4-5,13H2,1-3H3,(H,26,27). The van der Waals surface area contributed by atoms with Crippen LogP contribution in [0.25, 0.3) is 10.9 Å². The van der Waals surface area contributed by atoms with E-state index in [0.717, 1.165) is 16.5 Å². The highest BCUT2D eigenvalue weighted by Crippen LogP contribution is 2.29. The number of aryl methyl sites for hydroxylation is 1. The van der Waals surface area contributed by atoms with Crippen LogP contribution in [-0.4, -0.2) is 22.5 Å². The number of aromatic nitrogens is 2. The molecule has 0 amide bonds. The number of nitrogens with one attached hydrogen (secondary N) is 1. The molecular formula is C23H23N3O3. The van der Waals surface area contributed by atoms with Crippen LogP contribution in [-0.2, 0) is 23.0 Å². The summed E-state index contributed by atoms with van der Waals surface area (Å²) in [5, 5.41) is 10.9. The Morgan fingerprint density at radius 3 is 2.72 bits per heavy atom. The van der Waals surface area contributed by atoms with Crippen molar-refractivity contribution in [2.45, 2.75) is 39.0 Å². The number of H-pyrrole nitrogens is 1. The first-order valence-electron chi connectivity index (χ1n) is 9.61. The van der Waals surface area contributed by atoms with E-state index in [1.54, 1.807) is 25.1 Å². The van der Waals surface area contributed by atoms with Crippen LogP contribution in [0.15, 0.2) is 47.3 Å². The molecule has 0 saturated heterocycles. The summed E-state index contributed by atoms with van der Waals surface area (Å²) < 4.78 is 5.00. The van der Waals surface area contributed by atoms with Crippen molar-refractivity contribution in [1.82, 2.24) is 9.97 Å². The third kappa shape index (κ3) is 4.19. The molecule has 1 unspecified atom stereocenters. The number of aromatic amines is 1. The van der Waals surface area contributed by atoms with E-state index in [1.165, 1.54) is 0 Å². The van der Waals surface area contributed by atoms with Crippen molar-refractivity contribution in [1.29, 1.82) is 5.26 Å². The van der Waals surface area contributed by atoms with E-state index in [0.29, 0.717) is 24.1 Å². The Morgan fingerprint density at radius 2 is 2.03 bits per heavy atom. The summed E-state index contributed by atoms with van der Waals surface area (Å²) in [7, 11) is 0. The number of rotatable bonds is 6. The molecule has 1 aromatic carbocycles. The van der Waals surface area contributed by atoms with Gasteiger partial charge in [0.1, 0.15) is 5.69 Å². The summed E-state index contributed by atoms with van der Waals surface area (Å²) in [6, 6.07) is 15.0. The van der Waals surface area contributed by atoms with Crippen molar-refractivity contribution in [3.8, 4) is 6.07 Å². The number of benzene rings is 1. The topological polar surface area (TPSA) is 95.8 Å². The summed E-state index contributed by atoms with van der Waals surface area (Å²) in [5.41, 5.74) is 2.05. The maximum absolute atomic E-state index is 12.2. The Labute approximate surface area is 169 Å². The van der Waals surface area contributed by atoms with Gasteiger partial charge < -0.3 is 9.72 Å². The van der Waals surface area contributed by atoms with Gasteiger partial charge in [0.05, 0.1) is 18.1 Å². The minimum Gasteiger partial charge on any atom is -0.461 e. The molecule has 2 aromatic heterocycles. The van der Waals surface area contributed by atoms with Gasteiger partial charge >= 0.3 is 5.97 Å². The summed E-state index contributed by atoms with van der Waals surface area (Å²) in [6.45, 7) is 5.78. The number of hydrogen-bond acceptors (Lipinski definition) is 5. The normalized spacial score (nSPS) is 12.9. The van der Waals surface area contributed by atoms with Gasteiger partial charge in [-0.3, -0.25) is 4.79 Å². The predicted octanol–water partition coefficient (Wildman–Crippen LogP) is 3.69. The van der Waals surface area contributed by atoms with E-state index < -0.39 is 11.4 Å². The number of carbonyl (C=O) groups excluding carboxylic acids is 1. The number of hydrogen-bond donors (Lipinski definition) is 1. The van der Waals surface area contributed by atoms with Crippen LogP contribution in [0.4, 0.5) is 0 Å². The Kier molecular flexibility index (Phi) is 5.79. The molecule has 3 rings (SSSR count). The van der Waals surface area contributed by atoms with Gasteiger partial charge in [-0.05, 0) is 55.5 Å². The van der Waals surface area contributed by atoms with Crippen LogP contribution < -0.4 is 5.56 Å². The molecule has 1 atom stereocenters. The van der Waals surface area contributed by atoms with Crippen LogP contribution in [0, 0.1) is 11.3 Å². The van der Waals surface area contributed by atoms with Crippen LogP contribution >= 0.6 is 0 Å². The number of fused-ring (bicyclic) bond motifs is 1. The highest BCUT2D eigenvalue weighted by atomic mass is 16.5. The van der Waals surface area contributed by atoms with Gasteiger partial charge in [-0.15, -0.1) is 0 Å². The third-order valence-electron chi connectivity index (χ3n) is 5.01. The molecule has 0 fully saturated rings. The second kappa shape index (κ2) is 8.27. The molecule has 3 aromatic rings. The van der Waals surface area contributed by atoms with E-state index in [1.807, 2.05) is 38.1 Å². The molecule has 6 heteroatoms. The molecule has 1 N–H and O–H groups in total. The maximum atomic E-state index is 12.2. The molecule has 0 radical (unpaired) electrons. The lowest BCUT2D eigenvalue weighted by Gasteiger charge is -2.22. The van der Waals surface area contributed by atoms with Crippen molar-refractivity contribution in [2.75, 3.05) is 6.61 Å². The zero-order chi connectivity index (χ0) is 21.0. The minimum absolute atomic E-state index is 0.111. The van der Waals surface area contributed by atoms with E-state index in [-0.39, 0.29) is 17.9 Å². The SMILES string of the molecule is CCOC(=O)c1cccc(CC(C)(C#N)c2ccc3cc(CC)c(=O)[nH]c3c2)n1. The van der Waals surface area contributed by atoms with Crippen molar-refractivity contribution in [3.05, 3.63) is 75.3 Å². The van der Waals surface area contributed by atoms with E-state index in [2.05, 4.69) is 16.0 Å². The Morgan fingerprint density at radius 1 is 1.24 bits per heavy atom. The van der Waals surface area contributed by atoms with E-state index in [4.69, 9.17) is 4.74 Å². The lowest BCUT2D eigenvalue weighted by Crippen LogP contribution is -2.24. The molecule has 0 spiro atoms. The molecule has 2 heterocycles. The number of nitrogens with zero attached hydrogens (tertiary/aromatic N) is 2. The minimum atomic E-state index is -0.880. The molecule has 0 aliphatic rings. The number of esters is 1. The first kappa shape index (κ1) is 20.3. The molecule has 6 nitrogen and oxygen atoms in total. The van der Waals surface area contributed by atoms with Crippen LogP contribution in [0.1, 0.15) is 48.1 Å². The van der Waals surface area contributed by atoms with Crippen LogP contribution in [0.2, 0.25) is 0 Å². The van der Waals surface area contributed by atoms with E-state index in [9.17, 15) is 14.9 Å². The fraction of sp³-hybridized carbons (Fsp3) is 0.304. The Bertz CT molecular complexity index is 1160. The van der Waals surface area contributed by atoms with Gasteiger partial charge in [0.2, 0.25) is 0 Å². The molecule has 0 aliphatic carbocycles. The van der Waals surface area contributed by atoms with Gasteiger partial charge in [-0.2, -0.15) is 5.26 Å². The first-order chi connectivity index (χ1) is 13.9. The smallest absolute Gasteiger partial charge is 0.356 e. The van der Waals surface area contributed by atoms with Crippen molar-refractivity contribution < 1.29 is 9.53 Å². The summed E-state index contributed by atoms with van der Waals surface area (Å²) >= 11 is 0. The molecule has 0 bridgehead atoms. The van der Waals surface area contributed by atoms with Gasteiger partial charge in [-0.25, -0.2) is 9.78 Å². The van der Waals surface area contributed by atoms with Crippen molar-refractivity contribution >= 4 is 16.9 Å². The first-order valence-corrected chi connectivity index (χ1v) is 9.61. The van der Waals surface area contributed by atoms with Crippen LogP contribution in [0.5, 0.6) is 0 Å². The molecule has 0 aliphatic heterocycles. The van der Waals surface area contributed by atoms with Crippen LogP contribution in [0.3, 0.4) is 0 Å². The monoisotopic (exact) mass is 389 g/mol. The Hall–Kier alpha value is -3.46. The lowest BCUT2D eigenvalue weighted by atomic mass is 9.79. The van der Waals surface area contributed by atoms with Crippen molar-refractivity contribution in [2.24, 2.45) is 0 Å². The zero-order valence-electron chi connectivity index (χ0n) is 16.8. The largest absolute Gasteiger partial charge is 0.461 e. The summed E-state index contributed by atoms with van der Waals surface area (Å²) in [5.74, 6) is -0.483. The summed E-state index contributed by atoms with van der Waals surface area (Å²) in [4.78, 5) is 31.4. The molecule has 29 heavy (non-hydrogen) atoms. The summed E-state index contributed by atoms with van der Waals surface area (Å²) in [6.07, 6.45) is 0.977. The van der Waals surface area contributed by atoms with Gasteiger partial charge in [0.15, 0.2) is 0 Å². The number of pyridine rings is 2. The molecular weight excluding hydrogens is 366 g/mol. The highest BCUT2D eigenvalue weighted by molar-refractivity contribution is 5.87. The maximum Gasteiger partial charge on any atom is 0.356 e. The molecule has 0 saturated carbocycles. The zero-order valence-corrected chi connectivity index (χ0v) is 16.8. The second-order valence-electron chi connectivity index (χ2n) is 7.13. The van der Waals surface area contributed by atoms with Gasteiger partial charge in [-0.1, -0.05) is 25.1 Å². The predicted molar refractivity (Wildman–Crippen MR) is 111 cm³/mol. The van der Waals surface area contributed by atoms with Gasteiger partial charge in [0.25, 0.3) is 5.56 Å². The fourth-order valence-electron chi connectivity index (χ4n) is 3.32. The van der Waals surface area contributed by atoms with E-state index >= 15 is 0 Å². The van der Waals surface area contributed by atoms with Gasteiger partial charge in [0, 0.05) is 23.2 Å². The van der Waals surface area contributed by atoms with Crippen molar-refractivity contribution in [3.63, 3.8) is 0 Å². The third-order valence-corrected chi connectivity index (χ3v) is 5.01. The second-order valence-corrected chi connectivity index (χ2v) is 7.13. The lowest BCUT2D eigenvalue weighted by molar-refractivity contribution is 0.0519.